The number of halogens is 2. The number of carbonyl (C=O) groups excluding carboxylic acids is 1. The molecule has 2 rings (SSSR count). The highest BCUT2D eigenvalue weighted by molar-refractivity contribution is 9.10. The third kappa shape index (κ3) is 3.96. The van der Waals surface area contributed by atoms with E-state index in [0.717, 1.165) is 41.4 Å². The van der Waals surface area contributed by atoms with Crippen LogP contribution >= 0.6 is 28.3 Å². The fourth-order valence-corrected chi connectivity index (χ4v) is 2.95. The standard InChI is InChI=1S/C15H21BrN2O.ClH/c1-11-10-12(5-6-14(11)16)15(19)18-9-3-2-4-13(18)7-8-17;/h5-6,10,13H,2-4,7-9,17H2,1H3;1H. The van der Waals surface area contributed by atoms with Gasteiger partial charge in [0.15, 0.2) is 0 Å². The van der Waals surface area contributed by atoms with Crippen LogP contribution in [0.2, 0.25) is 0 Å². The molecule has 1 amide bonds. The highest BCUT2D eigenvalue weighted by Crippen LogP contribution is 2.23. The Hall–Kier alpha value is -0.580. The van der Waals surface area contributed by atoms with Gasteiger partial charge in [0.2, 0.25) is 0 Å². The number of rotatable bonds is 3. The van der Waals surface area contributed by atoms with Gasteiger partial charge >= 0.3 is 0 Å². The Morgan fingerprint density at radius 1 is 1.45 bits per heavy atom. The lowest BCUT2D eigenvalue weighted by Crippen LogP contribution is -2.44. The SMILES string of the molecule is Cc1cc(C(=O)N2CCCCC2CCN)ccc1Br.Cl. The number of nitrogens with zero attached hydrogens (tertiary/aromatic N) is 1. The van der Waals surface area contributed by atoms with Crippen molar-refractivity contribution in [3.05, 3.63) is 33.8 Å². The summed E-state index contributed by atoms with van der Waals surface area (Å²) in [6.07, 6.45) is 4.29. The molecule has 20 heavy (non-hydrogen) atoms. The Bertz CT molecular complexity index is 465. The minimum absolute atomic E-state index is 0. The fraction of sp³-hybridized carbons (Fsp3) is 0.533. The Labute approximate surface area is 135 Å². The quantitative estimate of drug-likeness (QED) is 0.895. The van der Waals surface area contributed by atoms with E-state index < -0.39 is 0 Å². The first kappa shape index (κ1) is 17.5. The zero-order chi connectivity index (χ0) is 13.8. The van der Waals surface area contributed by atoms with Crippen LogP contribution in [0.15, 0.2) is 22.7 Å². The zero-order valence-corrected chi connectivity index (χ0v) is 14.2. The minimum atomic E-state index is 0. The van der Waals surface area contributed by atoms with Gasteiger partial charge in [0.05, 0.1) is 0 Å². The molecule has 5 heteroatoms. The molecule has 0 radical (unpaired) electrons. The Morgan fingerprint density at radius 2 is 2.20 bits per heavy atom. The fourth-order valence-electron chi connectivity index (χ4n) is 2.70. The maximum atomic E-state index is 12.6. The first-order chi connectivity index (χ1) is 9.13. The third-order valence-corrected chi connectivity index (χ3v) is 4.68. The van der Waals surface area contributed by atoms with E-state index >= 15 is 0 Å². The Kier molecular flexibility index (Phi) is 7.00. The number of piperidine rings is 1. The van der Waals surface area contributed by atoms with E-state index in [2.05, 4.69) is 15.9 Å². The van der Waals surface area contributed by atoms with E-state index in [-0.39, 0.29) is 18.3 Å². The molecule has 0 saturated carbocycles. The van der Waals surface area contributed by atoms with Gasteiger partial charge in [0.1, 0.15) is 0 Å². The number of nitrogens with two attached hydrogens (primary N) is 1. The first-order valence-electron chi connectivity index (χ1n) is 6.90. The van der Waals surface area contributed by atoms with Gasteiger partial charge in [-0.25, -0.2) is 0 Å². The molecule has 0 spiro atoms. The summed E-state index contributed by atoms with van der Waals surface area (Å²) in [7, 11) is 0. The molecule has 1 aliphatic heterocycles. The first-order valence-corrected chi connectivity index (χ1v) is 7.70. The maximum Gasteiger partial charge on any atom is 0.254 e. The lowest BCUT2D eigenvalue weighted by atomic mass is 9.98. The number of benzene rings is 1. The van der Waals surface area contributed by atoms with E-state index in [1.54, 1.807) is 0 Å². The van der Waals surface area contributed by atoms with Gasteiger partial charge < -0.3 is 10.6 Å². The summed E-state index contributed by atoms with van der Waals surface area (Å²) in [5.41, 5.74) is 7.54. The number of likely N-dealkylation sites (tertiary alicyclic amines) is 1. The summed E-state index contributed by atoms with van der Waals surface area (Å²) in [6.45, 7) is 3.51. The average molecular weight is 362 g/mol. The molecule has 2 N–H and O–H groups in total. The molecule has 0 aromatic heterocycles. The highest BCUT2D eigenvalue weighted by atomic mass is 79.9. The van der Waals surface area contributed by atoms with Crippen LogP contribution in [0.5, 0.6) is 0 Å². The van der Waals surface area contributed by atoms with E-state index in [1.165, 1.54) is 6.42 Å². The molecule has 112 valence electrons. The number of carbonyl (C=O) groups is 1. The summed E-state index contributed by atoms with van der Waals surface area (Å²) in [6, 6.07) is 6.12. The van der Waals surface area contributed by atoms with Crippen molar-refractivity contribution in [1.82, 2.24) is 4.90 Å². The predicted octanol–water partition coefficient (Wildman–Crippen LogP) is 3.52. The van der Waals surface area contributed by atoms with Gasteiger partial charge in [-0.3, -0.25) is 4.79 Å². The molecule has 1 atom stereocenters. The summed E-state index contributed by atoms with van der Waals surface area (Å²) in [5, 5.41) is 0. The summed E-state index contributed by atoms with van der Waals surface area (Å²) in [4.78, 5) is 14.6. The zero-order valence-electron chi connectivity index (χ0n) is 11.8. The summed E-state index contributed by atoms with van der Waals surface area (Å²) in [5.74, 6) is 0.147. The van der Waals surface area contributed by atoms with E-state index in [0.29, 0.717) is 12.6 Å². The number of hydrogen-bond acceptors (Lipinski definition) is 2. The van der Waals surface area contributed by atoms with E-state index in [9.17, 15) is 4.79 Å². The number of hydrogen-bond donors (Lipinski definition) is 1. The number of amides is 1. The second kappa shape index (κ2) is 8.01. The van der Waals surface area contributed by atoms with Crippen LogP contribution < -0.4 is 5.73 Å². The van der Waals surface area contributed by atoms with Crippen molar-refractivity contribution in [1.29, 1.82) is 0 Å². The van der Waals surface area contributed by atoms with Crippen molar-refractivity contribution in [2.45, 2.75) is 38.6 Å². The van der Waals surface area contributed by atoms with Crippen LogP contribution in [0.3, 0.4) is 0 Å². The van der Waals surface area contributed by atoms with Crippen molar-refractivity contribution in [3.63, 3.8) is 0 Å². The molecule has 0 aliphatic carbocycles. The monoisotopic (exact) mass is 360 g/mol. The second-order valence-electron chi connectivity index (χ2n) is 5.19. The average Bonchev–Trinajstić information content (AvgIpc) is 2.42. The van der Waals surface area contributed by atoms with Crippen LogP contribution in [-0.4, -0.2) is 29.9 Å². The van der Waals surface area contributed by atoms with E-state index in [1.807, 2.05) is 30.0 Å². The molecule has 1 saturated heterocycles. The van der Waals surface area contributed by atoms with Crippen molar-refractivity contribution in [2.75, 3.05) is 13.1 Å². The smallest absolute Gasteiger partial charge is 0.254 e. The van der Waals surface area contributed by atoms with E-state index in [4.69, 9.17) is 5.73 Å². The molecule has 1 fully saturated rings. The van der Waals surface area contributed by atoms with Crippen LogP contribution in [0, 0.1) is 6.92 Å². The molecule has 1 heterocycles. The molecule has 1 aliphatic rings. The lowest BCUT2D eigenvalue weighted by molar-refractivity contribution is 0.0605. The van der Waals surface area contributed by atoms with Crippen LogP contribution in [0.1, 0.15) is 41.6 Å². The number of aryl methyl sites for hydroxylation is 1. The predicted molar refractivity (Wildman–Crippen MR) is 88.5 cm³/mol. The summed E-state index contributed by atoms with van der Waals surface area (Å²) < 4.78 is 1.04. The topological polar surface area (TPSA) is 46.3 Å². The van der Waals surface area contributed by atoms with Gasteiger partial charge in [-0.15, -0.1) is 12.4 Å². The highest BCUT2D eigenvalue weighted by Gasteiger charge is 2.26. The lowest BCUT2D eigenvalue weighted by Gasteiger charge is -2.35. The van der Waals surface area contributed by atoms with Crippen LogP contribution in [-0.2, 0) is 0 Å². The van der Waals surface area contributed by atoms with Crippen molar-refractivity contribution in [2.24, 2.45) is 5.73 Å². The Morgan fingerprint density at radius 3 is 2.85 bits per heavy atom. The molecule has 1 unspecified atom stereocenters. The maximum absolute atomic E-state index is 12.6. The summed E-state index contributed by atoms with van der Waals surface area (Å²) >= 11 is 3.47. The molecular weight excluding hydrogens is 340 g/mol. The van der Waals surface area contributed by atoms with Crippen LogP contribution in [0.4, 0.5) is 0 Å². The third-order valence-electron chi connectivity index (χ3n) is 3.79. The van der Waals surface area contributed by atoms with Crippen LogP contribution in [0.25, 0.3) is 0 Å². The molecule has 3 nitrogen and oxygen atoms in total. The van der Waals surface area contributed by atoms with Crippen molar-refractivity contribution in [3.8, 4) is 0 Å². The van der Waals surface area contributed by atoms with Gasteiger partial charge in [-0.05, 0) is 62.9 Å². The molecule has 1 aromatic carbocycles. The Balaban J connectivity index is 0.00000200. The van der Waals surface area contributed by atoms with Crippen molar-refractivity contribution >= 4 is 34.2 Å². The van der Waals surface area contributed by atoms with Gasteiger partial charge in [-0.1, -0.05) is 15.9 Å². The van der Waals surface area contributed by atoms with Crippen molar-refractivity contribution < 1.29 is 4.79 Å². The van der Waals surface area contributed by atoms with Gasteiger partial charge in [0.25, 0.3) is 5.91 Å². The normalized spacial score (nSPS) is 18.6. The molecular formula is C15H22BrClN2O. The van der Waals surface area contributed by atoms with Gasteiger partial charge in [0, 0.05) is 22.6 Å². The van der Waals surface area contributed by atoms with Gasteiger partial charge in [-0.2, -0.15) is 0 Å². The minimum Gasteiger partial charge on any atom is -0.336 e. The molecule has 0 bridgehead atoms. The largest absolute Gasteiger partial charge is 0.336 e. The molecule has 1 aromatic rings. The second-order valence-corrected chi connectivity index (χ2v) is 6.04.